The first-order valence-electron chi connectivity index (χ1n) is 7.37. The average Bonchev–Trinajstić information content (AvgIpc) is 2.87. The summed E-state index contributed by atoms with van der Waals surface area (Å²) in [5.74, 6) is 0.869. The van der Waals surface area contributed by atoms with Crippen molar-refractivity contribution in [2.45, 2.75) is 45.6 Å². The zero-order valence-electron chi connectivity index (χ0n) is 11.9. The van der Waals surface area contributed by atoms with E-state index in [2.05, 4.69) is 17.6 Å². The van der Waals surface area contributed by atoms with E-state index < -0.39 is 0 Å². The van der Waals surface area contributed by atoms with Crippen LogP contribution in [0.25, 0.3) is 0 Å². The summed E-state index contributed by atoms with van der Waals surface area (Å²) in [6.45, 7) is 4.86. The maximum Gasteiger partial charge on any atom is 0.251 e. The van der Waals surface area contributed by atoms with Crippen molar-refractivity contribution < 1.29 is 4.79 Å². The summed E-state index contributed by atoms with van der Waals surface area (Å²) in [5.41, 5.74) is 1.79. The Kier molecular flexibility index (Phi) is 4.83. The van der Waals surface area contributed by atoms with Crippen molar-refractivity contribution in [3.05, 3.63) is 29.8 Å². The van der Waals surface area contributed by atoms with Gasteiger partial charge in [-0.3, -0.25) is 4.79 Å². The molecule has 1 aromatic carbocycles. The standard InChI is InChI=1S/C16H24N2O/c1-3-12-8-9-15(10-12)18-14-7-5-6-13(11-14)16(19)17-4-2/h5-7,11-12,15,18H,3-4,8-10H2,1-2H3,(H,17,19). The summed E-state index contributed by atoms with van der Waals surface area (Å²) >= 11 is 0. The van der Waals surface area contributed by atoms with Crippen LogP contribution in [0.2, 0.25) is 0 Å². The van der Waals surface area contributed by atoms with E-state index in [1.54, 1.807) is 0 Å². The van der Waals surface area contributed by atoms with Gasteiger partial charge in [-0.1, -0.05) is 19.4 Å². The molecule has 1 aliphatic rings. The third-order valence-corrected chi connectivity index (χ3v) is 3.95. The van der Waals surface area contributed by atoms with Crippen molar-refractivity contribution >= 4 is 11.6 Å². The minimum atomic E-state index is 0.00371. The van der Waals surface area contributed by atoms with Crippen LogP contribution < -0.4 is 10.6 Å². The molecule has 2 rings (SSSR count). The fourth-order valence-corrected chi connectivity index (χ4v) is 2.83. The number of carbonyl (C=O) groups excluding carboxylic acids is 1. The Bertz CT molecular complexity index is 431. The number of benzene rings is 1. The Balaban J connectivity index is 1.97. The third kappa shape index (κ3) is 3.72. The molecule has 3 heteroatoms. The predicted molar refractivity (Wildman–Crippen MR) is 79.5 cm³/mol. The fourth-order valence-electron chi connectivity index (χ4n) is 2.83. The number of nitrogens with one attached hydrogen (secondary N) is 2. The van der Waals surface area contributed by atoms with Gasteiger partial charge in [0.25, 0.3) is 5.91 Å². The third-order valence-electron chi connectivity index (χ3n) is 3.95. The van der Waals surface area contributed by atoms with E-state index >= 15 is 0 Å². The van der Waals surface area contributed by atoms with Crippen LogP contribution in [0.4, 0.5) is 5.69 Å². The number of anilines is 1. The van der Waals surface area contributed by atoms with Crippen molar-refractivity contribution in [1.82, 2.24) is 5.32 Å². The largest absolute Gasteiger partial charge is 0.382 e. The van der Waals surface area contributed by atoms with Gasteiger partial charge in [0.2, 0.25) is 0 Å². The lowest BCUT2D eigenvalue weighted by atomic mass is 10.1. The fraction of sp³-hybridized carbons (Fsp3) is 0.562. The van der Waals surface area contributed by atoms with E-state index in [1.165, 1.54) is 25.7 Å². The highest BCUT2D eigenvalue weighted by Gasteiger charge is 2.23. The van der Waals surface area contributed by atoms with Gasteiger partial charge in [-0.25, -0.2) is 0 Å². The Morgan fingerprint density at radius 3 is 2.84 bits per heavy atom. The summed E-state index contributed by atoms with van der Waals surface area (Å²) in [7, 11) is 0. The van der Waals surface area contributed by atoms with E-state index in [1.807, 2.05) is 31.2 Å². The van der Waals surface area contributed by atoms with E-state index in [9.17, 15) is 4.79 Å². The molecule has 1 saturated carbocycles. The predicted octanol–water partition coefficient (Wildman–Crippen LogP) is 3.43. The molecule has 0 radical (unpaired) electrons. The lowest BCUT2D eigenvalue weighted by Crippen LogP contribution is -2.23. The zero-order valence-corrected chi connectivity index (χ0v) is 11.9. The van der Waals surface area contributed by atoms with Crippen LogP contribution in [0.3, 0.4) is 0 Å². The number of hydrogen-bond donors (Lipinski definition) is 2. The summed E-state index contributed by atoms with van der Waals surface area (Å²) in [6.07, 6.45) is 5.09. The topological polar surface area (TPSA) is 41.1 Å². The van der Waals surface area contributed by atoms with E-state index in [0.717, 1.165) is 17.2 Å². The van der Waals surface area contributed by atoms with Gasteiger partial charge in [-0.15, -0.1) is 0 Å². The van der Waals surface area contributed by atoms with Gasteiger partial charge >= 0.3 is 0 Å². The summed E-state index contributed by atoms with van der Waals surface area (Å²) in [4.78, 5) is 11.8. The van der Waals surface area contributed by atoms with E-state index in [0.29, 0.717) is 12.6 Å². The molecule has 2 unspecified atom stereocenters. The average molecular weight is 260 g/mol. The van der Waals surface area contributed by atoms with Crippen molar-refractivity contribution in [2.75, 3.05) is 11.9 Å². The highest BCUT2D eigenvalue weighted by molar-refractivity contribution is 5.95. The highest BCUT2D eigenvalue weighted by atomic mass is 16.1. The molecule has 1 amide bonds. The number of amides is 1. The van der Waals surface area contributed by atoms with Crippen LogP contribution >= 0.6 is 0 Å². The lowest BCUT2D eigenvalue weighted by molar-refractivity contribution is 0.0956. The molecule has 0 aromatic heterocycles. The minimum absolute atomic E-state index is 0.00371. The van der Waals surface area contributed by atoms with Crippen molar-refractivity contribution in [1.29, 1.82) is 0 Å². The first-order chi connectivity index (χ1) is 9.22. The normalized spacial score (nSPS) is 22.2. The monoisotopic (exact) mass is 260 g/mol. The number of rotatable bonds is 5. The molecule has 1 fully saturated rings. The second-order valence-corrected chi connectivity index (χ2v) is 5.37. The SMILES string of the molecule is CCNC(=O)c1cccc(NC2CCC(CC)C2)c1. The van der Waals surface area contributed by atoms with Gasteiger partial charge in [0.15, 0.2) is 0 Å². The Morgan fingerprint density at radius 1 is 1.32 bits per heavy atom. The Morgan fingerprint density at radius 2 is 2.16 bits per heavy atom. The Labute approximate surface area is 115 Å². The second-order valence-electron chi connectivity index (χ2n) is 5.37. The van der Waals surface area contributed by atoms with Crippen molar-refractivity contribution in [2.24, 2.45) is 5.92 Å². The Hall–Kier alpha value is -1.51. The number of carbonyl (C=O) groups is 1. The summed E-state index contributed by atoms with van der Waals surface area (Å²) in [5, 5.41) is 6.39. The molecule has 0 aliphatic heterocycles. The molecule has 2 N–H and O–H groups in total. The number of hydrogen-bond acceptors (Lipinski definition) is 2. The smallest absolute Gasteiger partial charge is 0.251 e. The second kappa shape index (κ2) is 6.60. The van der Waals surface area contributed by atoms with Gasteiger partial charge in [0, 0.05) is 23.8 Å². The molecular formula is C16H24N2O. The van der Waals surface area contributed by atoms with Gasteiger partial charge < -0.3 is 10.6 Å². The molecule has 2 atom stereocenters. The first kappa shape index (κ1) is 13.9. The first-order valence-corrected chi connectivity index (χ1v) is 7.37. The molecule has 3 nitrogen and oxygen atoms in total. The molecule has 0 saturated heterocycles. The van der Waals surface area contributed by atoms with Crippen LogP contribution in [0.1, 0.15) is 49.9 Å². The minimum Gasteiger partial charge on any atom is -0.382 e. The molecule has 1 aliphatic carbocycles. The van der Waals surface area contributed by atoms with Crippen molar-refractivity contribution in [3.63, 3.8) is 0 Å². The van der Waals surface area contributed by atoms with Gasteiger partial charge in [-0.05, 0) is 50.3 Å². The van der Waals surface area contributed by atoms with E-state index in [4.69, 9.17) is 0 Å². The maximum absolute atomic E-state index is 11.8. The molecule has 0 spiro atoms. The molecule has 0 bridgehead atoms. The van der Waals surface area contributed by atoms with Gasteiger partial charge in [0.1, 0.15) is 0 Å². The molecule has 19 heavy (non-hydrogen) atoms. The molecule has 0 heterocycles. The van der Waals surface area contributed by atoms with Crippen LogP contribution in [0.5, 0.6) is 0 Å². The summed E-state index contributed by atoms with van der Waals surface area (Å²) in [6, 6.07) is 8.36. The van der Waals surface area contributed by atoms with Crippen LogP contribution in [0.15, 0.2) is 24.3 Å². The molecular weight excluding hydrogens is 236 g/mol. The highest BCUT2D eigenvalue weighted by Crippen LogP contribution is 2.30. The quantitative estimate of drug-likeness (QED) is 0.851. The van der Waals surface area contributed by atoms with Crippen molar-refractivity contribution in [3.8, 4) is 0 Å². The van der Waals surface area contributed by atoms with Gasteiger partial charge in [0.05, 0.1) is 0 Å². The maximum atomic E-state index is 11.8. The molecule has 104 valence electrons. The van der Waals surface area contributed by atoms with Crippen LogP contribution in [-0.2, 0) is 0 Å². The van der Waals surface area contributed by atoms with Crippen LogP contribution in [0, 0.1) is 5.92 Å². The lowest BCUT2D eigenvalue weighted by Gasteiger charge is -2.15. The van der Waals surface area contributed by atoms with Crippen LogP contribution in [-0.4, -0.2) is 18.5 Å². The zero-order chi connectivity index (χ0) is 13.7. The molecule has 1 aromatic rings. The van der Waals surface area contributed by atoms with Gasteiger partial charge in [-0.2, -0.15) is 0 Å². The van der Waals surface area contributed by atoms with E-state index in [-0.39, 0.29) is 5.91 Å². The summed E-state index contributed by atoms with van der Waals surface area (Å²) < 4.78 is 0.